The highest BCUT2D eigenvalue weighted by atomic mass is 35.5. The fourth-order valence-electron chi connectivity index (χ4n) is 2.21. The van der Waals surface area contributed by atoms with Crippen LogP contribution in [0.15, 0.2) is 44.0 Å². The van der Waals surface area contributed by atoms with Gasteiger partial charge < -0.3 is 14.2 Å². The van der Waals surface area contributed by atoms with Crippen LogP contribution in [0.4, 0.5) is 0 Å². The minimum atomic E-state index is -0.460. The van der Waals surface area contributed by atoms with Gasteiger partial charge in [-0.2, -0.15) is 0 Å². The van der Waals surface area contributed by atoms with Crippen molar-refractivity contribution in [3.8, 4) is 0 Å². The minimum absolute atomic E-state index is 0.142. The third-order valence-electron chi connectivity index (χ3n) is 3.07. The molecule has 0 bridgehead atoms. The van der Waals surface area contributed by atoms with Gasteiger partial charge >= 0.3 is 5.76 Å². The molecule has 2 heterocycles. The fraction of sp³-hybridized carbons (Fsp3) is 0.214. The smallest absolute Gasteiger partial charge is 0.417 e. The van der Waals surface area contributed by atoms with Crippen molar-refractivity contribution in [2.75, 3.05) is 6.54 Å². The van der Waals surface area contributed by atoms with Crippen LogP contribution in [-0.4, -0.2) is 11.5 Å². The summed E-state index contributed by atoms with van der Waals surface area (Å²) in [6, 6.07) is 8.93. The van der Waals surface area contributed by atoms with E-state index in [1.54, 1.807) is 6.07 Å². The predicted octanol–water partition coefficient (Wildman–Crippen LogP) is 3.07. The highest BCUT2D eigenvalue weighted by molar-refractivity contribution is 6.28. The monoisotopic (exact) mass is 292 g/mol. The largest absolute Gasteiger partial charge is 0.448 e. The molecule has 0 spiro atoms. The van der Waals surface area contributed by atoms with Gasteiger partial charge in [0.15, 0.2) is 10.8 Å². The van der Waals surface area contributed by atoms with Gasteiger partial charge in [-0.3, -0.25) is 4.98 Å². The third kappa shape index (κ3) is 2.37. The summed E-state index contributed by atoms with van der Waals surface area (Å²) in [7, 11) is 0. The summed E-state index contributed by atoms with van der Waals surface area (Å²) in [5.41, 5.74) is 2.13. The number of benzene rings is 1. The number of oxazole rings is 1. The lowest BCUT2D eigenvalue weighted by molar-refractivity contribution is 0.453. The maximum absolute atomic E-state index is 11.2. The van der Waals surface area contributed by atoms with Crippen LogP contribution in [0.2, 0.25) is 5.22 Å². The number of furan rings is 1. The second-order valence-electron chi connectivity index (χ2n) is 4.40. The predicted molar refractivity (Wildman–Crippen MR) is 76.1 cm³/mol. The Labute approximate surface area is 119 Å². The molecule has 2 aromatic heterocycles. The Morgan fingerprint density at radius 3 is 2.85 bits per heavy atom. The molecule has 6 heteroatoms. The molecule has 3 rings (SSSR count). The highest BCUT2D eigenvalue weighted by Crippen LogP contribution is 2.27. The molecular weight excluding hydrogens is 280 g/mol. The molecule has 20 heavy (non-hydrogen) atoms. The average molecular weight is 293 g/mol. The first-order chi connectivity index (χ1) is 9.67. The molecule has 1 atom stereocenters. The van der Waals surface area contributed by atoms with Crippen molar-refractivity contribution in [1.29, 1.82) is 0 Å². The van der Waals surface area contributed by atoms with E-state index in [1.807, 2.05) is 31.2 Å². The molecule has 0 aliphatic rings. The van der Waals surface area contributed by atoms with E-state index in [0.717, 1.165) is 12.1 Å². The van der Waals surface area contributed by atoms with Crippen LogP contribution in [0, 0.1) is 0 Å². The normalized spacial score (nSPS) is 12.9. The Kier molecular flexibility index (Phi) is 3.38. The number of aromatic nitrogens is 1. The fourth-order valence-corrected chi connectivity index (χ4v) is 2.36. The Hall–Kier alpha value is -1.98. The van der Waals surface area contributed by atoms with E-state index in [2.05, 4.69) is 10.3 Å². The zero-order chi connectivity index (χ0) is 14.1. The summed E-state index contributed by atoms with van der Waals surface area (Å²) in [6.07, 6.45) is 0. The van der Waals surface area contributed by atoms with Crippen LogP contribution in [0.3, 0.4) is 0 Å². The summed E-state index contributed by atoms with van der Waals surface area (Å²) in [6.45, 7) is 2.77. The van der Waals surface area contributed by atoms with Crippen molar-refractivity contribution in [1.82, 2.24) is 10.3 Å². The lowest BCUT2D eigenvalue weighted by Gasteiger charge is -2.15. The van der Waals surface area contributed by atoms with Crippen LogP contribution in [0.25, 0.3) is 11.1 Å². The number of hydrogen-bond donors (Lipinski definition) is 2. The standard InChI is InChI=1S/C14H13ClN2O3/c1-2-16-13(10-5-6-12(15)19-10)8-3-4-9-11(7-8)20-14(18)17-9/h3-7,13,16H,2H2,1H3,(H,17,18). The number of aromatic amines is 1. The van der Waals surface area contributed by atoms with E-state index in [1.165, 1.54) is 0 Å². The molecule has 1 unspecified atom stereocenters. The van der Waals surface area contributed by atoms with Gasteiger partial charge in [0.05, 0.1) is 11.6 Å². The van der Waals surface area contributed by atoms with E-state index >= 15 is 0 Å². The van der Waals surface area contributed by atoms with E-state index in [9.17, 15) is 4.79 Å². The van der Waals surface area contributed by atoms with Crippen LogP contribution >= 0.6 is 11.6 Å². The molecule has 0 fully saturated rings. The van der Waals surface area contributed by atoms with Crippen molar-refractivity contribution in [3.63, 3.8) is 0 Å². The Morgan fingerprint density at radius 2 is 2.15 bits per heavy atom. The highest BCUT2D eigenvalue weighted by Gasteiger charge is 2.18. The molecule has 0 amide bonds. The first-order valence-corrected chi connectivity index (χ1v) is 6.66. The summed E-state index contributed by atoms with van der Waals surface area (Å²) in [5, 5.41) is 3.66. The number of H-pyrrole nitrogens is 1. The average Bonchev–Trinajstić information content (AvgIpc) is 3.00. The minimum Gasteiger partial charge on any atom is -0.448 e. The molecule has 104 valence electrons. The van der Waals surface area contributed by atoms with Crippen molar-refractivity contribution in [2.45, 2.75) is 13.0 Å². The summed E-state index contributed by atoms with van der Waals surface area (Å²) in [5.74, 6) is 0.257. The maximum Gasteiger partial charge on any atom is 0.417 e. The number of fused-ring (bicyclic) bond motifs is 1. The molecule has 2 N–H and O–H groups in total. The molecule has 0 radical (unpaired) electrons. The Bertz CT molecular complexity index is 787. The summed E-state index contributed by atoms with van der Waals surface area (Å²) >= 11 is 5.83. The molecule has 5 nitrogen and oxygen atoms in total. The number of halogens is 1. The molecule has 3 aromatic rings. The number of rotatable bonds is 4. The number of hydrogen-bond acceptors (Lipinski definition) is 4. The van der Waals surface area contributed by atoms with Gasteiger partial charge in [-0.1, -0.05) is 13.0 Å². The molecule has 1 aromatic carbocycles. The summed E-state index contributed by atoms with van der Waals surface area (Å²) < 4.78 is 10.6. The van der Waals surface area contributed by atoms with Crippen molar-refractivity contribution >= 4 is 22.7 Å². The molecule has 0 saturated carbocycles. The van der Waals surface area contributed by atoms with Crippen LogP contribution in [0.1, 0.15) is 24.3 Å². The molecular formula is C14H13ClN2O3. The number of nitrogens with one attached hydrogen (secondary N) is 2. The Morgan fingerprint density at radius 1 is 1.30 bits per heavy atom. The van der Waals surface area contributed by atoms with Gasteiger partial charge in [0, 0.05) is 0 Å². The van der Waals surface area contributed by atoms with E-state index in [0.29, 0.717) is 22.1 Å². The van der Waals surface area contributed by atoms with Gasteiger partial charge in [-0.05, 0) is 48.0 Å². The SMILES string of the molecule is CCNC(c1ccc2[nH]c(=O)oc2c1)c1ccc(Cl)o1. The van der Waals surface area contributed by atoms with E-state index in [-0.39, 0.29) is 6.04 Å². The van der Waals surface area contributed by atoms with Crippen LogP contribution in [0.5, 0.6) is 0 Å². The van der Waals surface area contributed by atoms with Crippen molar-refractivity contribution in [3.05, 3.63) is 57.4 Å². The van der Waals surface area contributed by atoms with Crippen molar-refractivity contribution in [2.24, 2.45) is 0 Å². The zero-order valence-electron chi connectivity index (χ0n) is 10.8. The maximum atomic E-state index is 11.2. The van der Waals surface area contributed by atoms with Gasteiger partial charge in [0.2, 0.25) is 0 Å². The zero-order valence-corrected chi connectivity index (χ0v) is 11.5. The van der Waals surface area contributed by atoms with Crippen molar-refractivity contribution < 1.29 is 8.83 Å². The quantitative estimate of drug-likeness (QED) is 0.775. The second-order valence-corrected chi connectivity index (χ2v) is 4.78. The van der Waals surface area contributed by atoms with Crippen LogP contribution in [-0.2, 0) is 0 Å². The second kappa shape index (κ2) is 5.19. The van der Waals surface area contributed by atoms with Gasteiger partial charge in [-0.15, -0.1) is 0 Å². The molecule has 0 saturated heterocycles. The van der Waals surface area contributed by atoms with Gasteiger partial charge in [0.1, 0.15) is 5.76 Å². The molecule has 0 aliphatic heterocycles. The van der Waals surface area contributed by atoms with E-state index in [4.69, 9.17) is 20.4 Å². The third-order valence-corrected chi connectivity index (χ3v) is 3.27. The lowest BCUT2D eigenvalue weighted by atomic mass is 10.0. The van der Waals surface area contributed by atoms with Gasteiger partial charge in [-0.25, -0.2) is 4.79 Å². The first-order valence-electron chi connectivity index (χ1n) is 6.29. The first kappa shape index (κ1) is 13.0. The summed E-state index contributed by atoms with van der Waals surface area (Å²) in [4.78, 5) is 13.8. The van der Waals surface area contributed by atoms with E-state index < -0.39 is 5.76 Å². The molecule has 0 aliphatic carbocycles. The lowest BCUT2D eigenvalue weighted by Crippen LogP contribution is -2.21. The van der Waals surface area contributed by atoms with Gasteiger partial charge in [0.25, 0.3) is 0 Å². The Balaban J connectivity index is 2.06. The topological polar surface area (TPSA) is 71.2 Å². The van der Waals surface area contributed by atoms with Crippen LogP contribution < -0.4 is 11.1 Å².